The average Bonchev–Trinajstić information content (AvgIpc) is 3.81. The Labute approximate surface area is 411 Å². The van der Waals surface area contributed by atoms with Crippen LogP contribution in [0.3, 0.4) is 0 Å². The minimum Gasteiger partial charge on any atom is -0.309 e. The van der Waals surface area contributed by atoms with Crippen LogP contribution in [-0.4, -0.2) is 24.5 Å². The average molecular weight is 906 g/mol. The third-order valence-electron chi connectivity index (χ3n) is 13.4. The van der Waals surface area contributed by atoms with E-state index in [1.165, 1.54) is 27.1 Å². The summed E-state index contributed by atoms with van der Waals surface area (Å²) in [6, 6.07) is 91.9. The van der Waals surface area contributed by atoms with Crippen LogP contribution in [0.15, 0.2) is 261 Å². The first-order valence-electron chi connectivity index (χ1n) is 23.9. The summed E-state index contributed by atoms with van der Waals surface area (Å²) in [7, 11) is 0. The Hall–Kier alpha value is -9.58. The van der Waals surface area contributed by atoms with Crippen LogP contribution in [0, 0.1) is 0 Å². The summed E-state index contributed by atoms with van der Waals surface area (Å²) < 4.78 is 2.46. The lowest BCUT2D eigenvalue weighted by atomic mass is 9.95. The van der Waals surface area contributed by atoms with Crippen molar-refractivity contribution in [1.29, 1.82) is 0 Å². The SMILES string of the molecule is c1ccc(-c2cc(-c3ccc(-c4cc(-c5ccc(-c6cc(-c7ccccc7)nc(-c7ccccc7)n6)cc5)cc(-n5c6ccccc6c6ccc7ccccc7c65)c4)cc3)nc(-c3ccccc3)n2)cc1. The van der Waals surface area contributed by atoms with Crippen molar-refractivity contribution in [2.45, 2.75) is 0 Å². The molecule has 3 heterocycles. The maximum atomic E-state index is 5.13. The second-order valence-corrected chi connectivity index (χ2v) is 17.8. The van der Waals surface area contributed by atoms with Gasteiger partial charge in [-0.25, -0.2) is 19.9 Å². The molecule has 71 heavy (non-hydrogen) atoms. The number of rotatable bonds is 9. The molecule has 0 saturated heterocycles. The number of aromatic nitrogens is 5. The number of hydrogen-bond donors (Lipinski definition) is 0. The van der Waals surface area contributed by atoms with Gasteiger partial charge < -0.3 is 4.57 Å². The first kappa shape index (κ1) is 41.6. The van der Waals surface area contributed by atoms with Crippen molar-refractivity contribution < 1.29 is 0 Å². The Morgan fingerprint density at radius 3 is 1.10 bits per heavy atom. The number of nitrogens with zero attached hydrogens (tertiary/aromatic N) is 5. The molecule has 0 bridgehead atoms. The predicted octanol–water partition coefficient (Wildman–Crippen LogP) is 16.9. The van der Waals surface area contributed by atoms with E-state index in [0.717, 1.165) is 89.6 Å². The molecule has 0 atom stereocenters. The van der Waals surface area contributed by atoms with Crippen molar-refractivity contribution in [3.8, 4) is 95.7 Å². The van der Waals surface area contributed by atoms with E-state index in [-0.39, 0.29) is 0 Å². The van der Waals surface area contributed by atoms with Gasteiger partial charge in [0, 0.05) is 55.2 Å². The number of fused-ring (bicyclic) bond motifs is 5. The van der Waals surface area contributed by atoms with Crippen LogP contribution in [-0.2, 0) is 0 Å². The minimum absolute atomic E-state index is 0.695. The quantitative estimate of drug-likeness (QED) is 0.145. The monoisotopic (exact) mass is 905 g/mol. The van der Waals surface area contributed by atoms with Crippen LogP contribution < -0.4 is 0 Å². The Morgan fingerprint density at radius 2 is 0.620 bits per heavy atom. The lowest BCUT2D eigenvalue weighted by molar-refractivity contribution is 1.18. The lowest BCUT2D eigenvalue weighted by Gasteiger charge is -2.15. The van der Waals surface area contributed by atoms with Crippen LogP contribution >= 0.6 is 0 Å². The van der Waals surface area contributed by atoms with E-state index in [4.69, 9.17) is 19.9 Å². The molecule has 0 fully saturated rings. The summed E-state index contributed by atoms with van der Waals surface area (Å²) in [5.74, 6) is 1.39. The van der Waals surface area contributed by atoms with Gasteiger partial charge in [-0.3, -0.25) is 0 Å². The molecular weight excluding hydrogens is 863 g/mol. The van der Waals surface area contributed by atoms with Crippen LogP contribution in [0.25, 0.3) is 128 Å². The summed E-state index contributed by atoms with van der Waals surface area (Å²) in [6.07, 6.45) is 0. The number of para-hydroxylation sites is 1. The fraction of sp³-hybridized carbons (Fsp3) is 0. The first-order valence-corrected chi connectivity index (χ1v) is 23.9. The maximum Gasteiger partial charge on any atom is 0.160 e. The van der Waals surface area contributed by atoms with Gasteiger partial charge in [0.2, 0.25) is 0 Å². The Balaban J connectivity index is 0.957. The predicted molar refractivity (Wildman–Crippen MR) is 293 cm³/mol. The minimum atomic E-state index is 0.695. The van der Waals surface area contributed by atoms with E-state index in [0.29, 0.717) is 11.6 Å². The highest BCUT2D eigenvalue weighted by atomic mass is 15.0. The molecule has 10 aromatic carbocycles. The molecule has 0 unspecified atom stereocenters. The molecule has 0 aliphatic rings. The summed E-state index contributed by atoms with van der Waals surface area (Å²) in [4.78, 5) is 20.3. The van der Waals surface area contributed by atoms with E-state index >= 15 is 0 Å². The molecule has 0 radical (unpaired) electrons. The smallest absolute Gasteiger partial charge is 0.160 e. The fourth-order valence-corrected chi connectivity index (χ4v) is 9.88. The highest BCUT2D eigenvalue weighted by Crippen LogP contribution is 2.40. The van der Waals surface area contributed by atoms with E-state index in [2.05, 4.69) is 193 Å². The van der Waals surface area contributed by atoms with Gasteiger partial charge >= 0.3 is 0 Å². The van der Waals surface area contributed by atoms with Crippen molar-refractivity contribution in [3.05, 3.63) is 261 Å². The normalized spacial score (nSPS) is 11.4. The van der Waals surface area contributed by atoms with Crippen molar-refractivity contribution in [3.63, 3.8) is 0 Å². The topological polar surface area (TPSA) is 56.5 Å². The van der Waals surface area contributed by atoms with Crippen molar-refractivity contribution in [2.24, 2.45) is 0 Å². The Bertz CT molecular complexity index is 3750. The lowest BCUT2D eigenvalue weighted by Crippen LogP contribution is -1.97. The summed E-state index contributed by atoms with van der Waals surface area (Å²) >= 11 is 0. The van der Waals surface area contributed by atoms with Crippen molar-refractivity contribution in [2.75, 3.05) is 0 Å². The standard InChI is InChI=1S/C66H43N5/c1-5-18-47(19-6-1)59-42-61(69-65(67-59)51-22-9-3-10-23-51)49-33-29-44(30-34-49)53-39-54(41-55(40-53)71-63-28-16-15-27-57(63)58-38-37-46-17-13-14-26-56(46)64(58)71)45-31-35-50(36-32-45)62-43-60(48-20-7-2-8-21-48)68-66(70-62)52-24-11-4-12-25-52/h1-43H. The third-order valence-corrected chi connectivity index (χ3v) is 13.4. The molecule has 13 aromatic rings. The van der Waals surface area contributed by atoms with Gasteiger partial charge in [-0.1, -0.05) is 224 Å². The van der Waals surface area contributed by atoms with Crippen LogP contribution in [0.4, 0.5) is 0 Å². The Kier molecular flexibility index (Phi) is 10.4. The molecule has 13 rings (SSSR count). The highest BCUT2D eigenvalue weighted by Gasteiger charge is 2.18. The molecule has 0 aliphatic heterocycles. The summed E-state index contributed by atoms with van der Waals surface area (Å²) in [5, 5.41) is 4.87. The summed E-state index contributed by atoms with van der Waals surface area (Å²) in [6.45, 7) is 0. The van der Waals surface area contributed by atoms with Crippen molar-refractivity contribution >= 4 is 32.6 Å². The molecule has 0 amide bonds. The molecule has 0 aliphatic carbocycles. The number of benzene rings is 10. The number of hydrogen-bond acceptors (Lipinski definition) is 4. The largest absolute Gasteiger partial charge is 0.309 e. The zero-order chi connectivity index (χ0) is 47.1. The van der Waals surface area contributed by atoms with Gasteiger partial charge in [0.1, 0.15) is 0 Å². The van der Waals surface area contributed by atoms with E-state index in [1.54, 1.807) is 0 Å². The van der Waals surface area contributed by atoms with Gasteiger partial charge in [0.15, 0.2) is 11.6 Å². The molecule has 5 nitrogen and oxygen atoms in total. The van der Waals surface area contributed by atoms with Gasteiger partial charge in [0.05, 0.1) is 33.8 Å². The summed E-state index contributed by atoms with van der Waals surface area (Å²) in [5.41, 5.74) is 17.4. The highest BCUT2D eigenvalue weighted by molar-refractivity contribution is 6.18. The van der Waals surface area contributed by atoms with Gasteiger partial charge in [-0.15, -0.1) is 0 Å². The van der Waals surface area contributed by atoms with Crippen LogP contribution in [0.1, 0.15) is 0 Å². The second-order valence-electron chi connectivity index (χ2n) is 17.8. The van der Waals surface area contributed by atoms with E-state index in [1.807, 2.05) is 72.8 Å². The Morgan fingerprint density at radius 1 is 0.239 bits per heavy atom. The second kappa shape index (κ2) is 17.8. The molecule has 0 saturated carbocycles. The zero-order valence-corrected chi connectivity index (χ0v) is 38.6. The molecule has 0 N–H and O–H groups in total. The molecule has 3 aromatic heterocycles. The van der Waals surface area contributed by atoms with Crippen LogP contribution in [0.2, 0.25) is 0 Å². The van der Waals surface area contributed by atoms with E-state index < -0.39 is 0 Å². The fourth-order valence-electron chi connectivity index (χ4n) is 9.88. The molecule has 5 heteroatoms. The van der Waals surface area contributed by atoms with Gasteiger partial charge in [-0.05, 0) is 64.0 Å². The van der Waals surface area contributed by atoms with Crippen LogP contribution in [0.5, 0.6) is 0 Å². The van der Waals surface area contributed by atoms with Crippen molar-refractivity contribution in [1.82, 2.24) is 24.5 Å². The molecule has 0 spiro atoms. The molecule has 332 valence electrons. The molecular formula is C66H43N5. The third kappa shape index (κ3) is 7.91. The van der Waals surface area contributed by atoms with E-state index in [9.17, 15) is 0 Å². The van der Waals surface area contributed by atoms with Gasteiger partial charge in [0.25, 0.3) is 0 Å². The zero-order valence-electron chi connectivity index (χ0n) is 38.6. The maximum absolute atomic E-state index is 5.13. The van der Waals surface area contributed by atoms with Gasteiger partial charge in [-0.2, -0.15) is 0 Å². The first-order chi connectivity index (χ1) is 35.2.